The molecule has 0 N–H and O–H groups in total. The molecule has 0 saturated carbocycles. The van der Waals surface area contributed by atoms with Crippen molar-refractivity contribution in [3.8, 4) is 5.69 Å². The van der Waals surface area contributed by atoms with Crippen LogP contribution in [0, 0.1) is 22.9 Å². The lowest BCUT2D eigenvalue weighted by Gasteiger charge is -2.35. The molecule has 1 saturated heterocycles. The Morgan fingerprint density at radius 2 is 1.82 bits per heavy atom. The summed E-state index contributed by atoms with van der Waals surface area (Å²) in [4.78, 5) is 37.3. The van der Waals surface area contributed by atoms with Gasteiger partial charge in [0.2, 0.25) is 0 Å². The van der Waals surface area contributed by atoms with E-state index in [9.17, 15) is 19.3 Å². The molecule has 2 aromatic carbocycles. The van der Waals surface area contributed by atoms with Gasteiger partial charge in [-0.05, 0) is 43.7 Å². The minimum atomic E-state index is -0.500. The number of hydrogen-bond acceptors (Lipinski definition) is 7. The molecular weight excluding hydrogens is 489 g/mol. The summed E-state index contributed by atoms with van der Waals surface area (Å²) < 4.78 is 15.3. The normalized spacial score (nSPS) is 13.8. The number of hydrogen-bond donors (Lipinski definition) is 0. The third-order valence-corrected chi connectivity index (χ3v) is 6.73. The summed E-state index contributed by atoms with van der Waals surface area (Å²) >= 11 is 0. The van der Waals surface area contributed by atoms with Crippen molar-refractivity contribution in [2.75, 3.05) is 31.1 Å². The molecule has 10 nitrogen and oxygen atoms in total. The van der Waals surface area contributed by atoms with Crippen molar-refractivity contribution >= 4 is 28.4 Å². The quantitative estimate of drug-likeness (QED) is 0.263. The third-order valence-electron chi connectivity index (χ3n) is 6.73. The van der Waals surface area contributed by atoms with Gasteiger partial charge in [0.1, 0.15) is 17.5 Å². The Bertz CT molecular complexity index is 1490. The second-order valence-corrected chi connectivity index (χ2v) is 9.33. The molecule has 3 heterocycles. The number of non-ortho nitro benzene ring substituents is 1. The Hall–Kier alpha value is -4.41. The van der Waals surface area contributed by atoms with Crippen molar-refractivity contribution in [2.24, 2.45) is 0 Å². The predicted molar refractivity (Wildman–Crippen MR) is 141 cm³/mol. The zero-order valence-corrected chi connectivity index (χ0v) is 21.3. The number of aryl methyl sites for hydroxylation is 2. The third kappa shape index (κ3) is 4.91. The lowest BCUT2D eigenvalue weighted by molar-refractivity contribution is -0.384. The average molecular weight is 518 g/mol. The van der Waals surface area contributed by atoms with E-state index in [0.29, 0.717) is 48.9 Å². The molecule has 1 amide bonds. The van der Waals surface area contributed by atoms with Crippen LogP contribution >= 0.6 is 0 Å². The number of carbonyl (C=O) groups excluding carboxylic acids is 1. The Kier molecular flexibility index (Phi) is 6.99. The van der Waals surface area contributed by atoms with Crippen LogP contribution in [-0.2, 0) is 6.42 Å². The largest absolute Gasteiger partial charge is 0.352 e. The Morgan fingerprint density at radius 1 is 1.08 bits per heavy atom. The van der Waals surface area contributed by atoms with Crippen LogP contribution in [-0.4, -0.2) is 61.7 Å². The van der Waals surface area contributed by atoms with Gasteiger partial charge in [0, 0.05) is 50.3 Å². The summed E-state index contributed by atoms with van der Waals surface area (Å²) in [6.07, 6.45) is 2.67. The smallest absolute Gasteiger partial charge is 0.270 e. The van der Waals surface area contributed by atoms with Crippen molar-refractivity contribution in [1.82, 2.24) is 24.6 Å². The summed E-state index contributed by atoms with van der Waals surface area (Å²) in [5, 5.41) is 16.7. The molecule has 0 spiro atoms. The maximum absolute atomic E-state index is 13.6. The number of benzene rings is 2. The molecule has 0 atom stereocenters. The molecular formula is C27H28FN7O3. The Balaban J connectivity index is 1.45. The maximum Gasteiger partial charge on any atom is 0.270 e. The van der Waals surface area contributed by atoms with Gasteiger partial charge in [0.05, 0.1) is 21.7 Å². The summed E-state index contributed by atoms with van der Waals surface area (Å²) in [5.74, 6) is 0.936. The fourth-order valence-corrected chi connectivity index (χ4v) is 4.70. The first-order valence-electron chi connectivity index (χ1n) is 12.7. The number of rotatable bonds is 7. The van der Waals surface area contributed by atoms with Gasteiger partial charge in [-0.25, -0.2) is 19.0 Å². The molecule has 38 heavy (non-hydrogen) atoms. The number of nitrogens with zero attached hydrogens (tertiary/aromatic N) is 7. The van der Waals surface area contributed by atoms with Crippen LogP contribution in [0.25, 0.3) is 16.7 Å². The molecule has 0 unspecified atom stereocenters. The second kappa shape index (κ2) is 10.5. The van der Waals surface area contributed by atoms with E-state index < -0.39 is 4.92 Å². The van der Waals surface area contributed by atoms with Gasteiger partial charge in [-0.3, -0.25) is 14.9 Å². The molecule has 2 aromatic heterocycles. The van der Waals surface area contributed by atoms with Crippen LogP contribution in [0.2, 0.25) is 0 Å². The summed E-state index contributed by atoms with van der Waals surface area (Å²) in [5.41, 5.74) is 2.33. The fourth-order valence-electron chi connectivity index (χ4n) is 4.70. The van der Waals surface area contributed by atoms with Crippen molar-refractivity contribution in [3.63, 3.8) is 0 Å². The van der Waals surface area contributed by atoms with Gasteiger partial charge < -0.3 is 9.80 Å². The first-order chi connectivity index (χ1) is 18.4. The van der Waals surface area contributed by atoms with E-state index in [2.05, 4.69) is 11.8 Å². The van der Waals surface area contributed by atoms with Crippen LogP contribution in [0.5, 0.6) is 0 Å². The number of unbranched alkanes of at least 4 members (excludes halogenated alkanes) is 1. The fraction of sp³-hybridized carbons (Fsp3) is 0.333. The summed E-state index contributed by atoms with van der Waals surface area (Å²) in [6, 6.07) is 12.0. The SMILES string of the molecule is CCCCc1nc(N2CCN(C(=O)c3cccc([N+](=O)[O-])c3)CC2)c2c(C)nn(-c3ccc(F)cc3)c2n1. The molecule has 4 aromatic rings. The molecule has 11 heteroatoms. The van der Waals surface area contributed by atoms with Crippen molar-refractivity contribution in [2.45, 2.75) is 33.1 Å². The van der Waals surface area contributed by atoms with E-state index in [1.165, 1.54) is 30.3 Å². The first kappa shape index (κ1) is 25.2. The van der Waals surface area contributed by atoms with Crippen LogP contribution < -0.4 is 4.90 Å². The molecule has 1 aliphatic rings. The van der Waals surface area contributed by atoms with E-state index in [4.69, 9.17) is 15.1 Å². The number of nitro benzene ring substituents is 1. The number of piperazine rings is 1. The predicted octanol–water partition coefficient (Wildman–Crippen LogP) is 4.48. The second-order valence-electron chi connectivity index (χ2n) is 9.33. The highest BCUT2D eigenvalue weighted by atomic mass is 19.1. The van der Waals surface area contributed by atoms with Crippen LogP contribution in [0.4, 0.5) is 15.9 Å². The number of nitro groups is 1. The average Bonchev–Trinajstić information content (AvgIpc) is 3.27. The zero-order chi connectivity index (χ0) is 26.8. The molecule has 0 aliphatic carbocycles. The van der Waals surface area contributed by atoms with E-state index in [1.54, 1.807) is 27.8 Å². The molecule has 0 radical (unpaired) electrons. The Labute approximate surface area is 218 Å². The lowest BCUT2D eigenvalue weighted by Crippen LogP contribution is -2.49. The van der Waals surface area contributed by atoms with E-state index in [-0.39, 0.29) is 17.4 Å². The number of anilines is 1. The number of fused-ring (bicyclic) bond motifs is 1. The molecule has 1 fully saturated rings. The number of carbonyl (C=O) groups is 1. The van der Waals surface area contributed by atoms with Crippen molar-refractivity contribution < 1.29 is 14.1 Å². The maximum atomic E-state index is 13.6. The Morgan fingerprint density at radius 3 is 2.50 bits per heavy atom. The lowest BCUT2D eigenvalue weighted by atomic mass is 10.1. The van der Waals surface area contributed by atoms with Crippen LogP contribution in [0.1, 0.15) is 41.6 Å². The van der Waals surface area contributed by atoms with Gasteiger partial charge in [0.25, 0.3) is 11.6 Å². The van der Waals surface area contributed by atoms with E-state index in [0.717, 1.165) is 36.2 Å². The monoisotopic (exact) mass is 517 g/mol. The van der Waals surface area contributed by atoms with Gasteiger partial charge in [-0.15, -0.1) is 0 Å². The van der Waals surface area contributed by atoms with Gasteiger partial charge >= 0.3 is 0 Å². The van der Waals surface area contributed by atoms with Crippen LogP contribution in [0.15, 0.2) is 48.5 Å². The van der Waals surface area contributed by atoms with Gasteiger partial charge in [-0.2, -0.15) is 5.10 Å². The summed E-state index contributed by atoms with van der Waals surface area (Å²) in [7, 11) is 0. The van der Waals surface area contributed by atoms with Crippen molar-refractivity contribution in [1.29, 1.82) is 0 Å². The van der Waals surface area contributed by atoms with Gasteiger partial charge in [0.15, 0.2) is 5.65 Å². The first-order valence-corrected chi connectivity index (χ1v) is 12.7. The minimum Gasteiger partial charge on any atom is -0.352 e. The zero-order valence-electron chi connectivity index (χ0n) is 21.3. The topological polar surface area (TPSA) is 110 Å². The van der Waals surface area contributed by atoms with E-state index >= 15 is 0 Å². The number of aromatic nitrogens is 4. The molecule has 0 bridgehead atoms. The van der Waals surface area contributed by atoms with Crippen molar-refractivity contribution in [3.05, 3.63) is 81.5 Å². The minimum absolute atomic E-state index is 0.105. The summed E-state index contributed by atoms with van der Waals surface area (Å²) in [6.45, 7) is 6.00. The highest BCUT2D eigenvalue weighted by Crippen LogP contribution is 2.30. The van der Waals surface area contributed by atoms with E-state index in [1.807, 2.05) is 6.92 Å². The number of halogens is 1. The number of amides is 1. The molecule has 1 aliphatic heterocycles. The molecule has 196 valence electrons. The standard InChI is InChI=1S/C27H28FN7O3/c1-3-4-8-23-29-25(24-18(2)31-34(26(24)30-23)21-11-9-20(28)10-12-21)32-13-15-33(16-14-32)27(36)19-6-5-7-22(17-19)35(37)38/h5-7,9-12,17H,3-4,8,13-16H2,1-2H3. The van der Waals surface area contributed by atoms with Crippen LogP contribution in [0.3, 0.4) is 0 Å². The van der Waals surface area contributed by atoms with Gasteiger partial charge in [-0.1, -0.05) is 19.4 Å². The highest BCUT2D eigenvalue weighted by Gasteiger charge is 2.27. The molecule has 5 rings (SSSR count). The highest BCUT2D eigenvalue weighted by molar-refractivity contribution is 5.95.